The van der Waals surface area contributed by atoms with Crippen LogP contribution in [0.3, 0.4) is 0 Å². The Morgan fingerprint density at radius 3 is 2.64 bits per heavy atom. The van der Waals surface area contributed by atoms with Crippen molar-refractivity contribution in [2.45, 2.75) is 19.6 Å². The second-order valence-electron chi connectivity index (χ2n) is 5.39. The predicted octanol–water partition coefficient (Wildman–Crippen LogP) is 2.14. The molecule has 1 aliphatic heterocycles. The molecule has 0 bridgehead atoms. The minimum atomic E-state index is -0.0958. The Bertz CT molecular complexity index is 669. The largest absolute Gasteiger partial charge is 0.483 e. The number of aliphatic hydroxyl groups is 1. The first-order chi connectivity index (χ1) is 10.8. The van der Waals surface area contributed by atoms with E-state index in [1.807, 2.05) is 29.2 Å². The lowest BCUT2D eigenvalue weighted by Gasteiger charge is -2.28. The van der Waals surface area contributed by atoms with Crippen LogP contribution in [0.4, 0.5) is 0 Å². The van der Waals surface area contributed by atoms with Crippen LogP contribution in [0.25, 0.3) is 0 Å². The molecule has 2 aromatic carbocycles. The third-order valence-corrected chi connectivity index (χ3v) is 3.98. The maximum Gasteiger partial charge on any atom is 0.260 e. The zero-order valence-corrected chi connectivity index (χ0v) is 12.4. The first kappa shape index (κ1) is 14.6. The first-order valence-electron chi connectivity index (χ1n) is 7.44. The van der Waals surface area contributed by atoms with Crippen molar-refractivity contribution >= 4 is 5.91 Å². The van der Waals surface area contributed by atoms with Gasteiger partial charge in [0.05, 0.1) is 6.61 Å². The van der Waals surface area contributed by atoms with Crippen molar-refractivity contribution in [3.8, 4) is 5.75 Å². The normalized spacial score (nSPS) is 13.6. The van der Waals surface area contributed by atoms with Gasteiger partial charge in [0, 0.05) is 18.7 Å². The Morgan fingerprint density at radius 1 is 1.09 bits per heavy atom. The number of hydrogen-bond donors (Lipinski definition) is 1. The third-order valence-electron chi connectivity index (χ3n) is 3.98. The van der Waals surface area contributed by atoms with Crippen molar-refractivity contribution in [1.82, 2.24) is 4.90 Å². The molecular formula is C18H19NO3. The molecule has 0 aromatic heterocycles. The Kier molecular flexibility index (Phi) is 4.39. The molecule has 1 N–H and O–H groups in total. The molecule has 0 radical (unpaired) electrons. The quantitative estimate of drug-likeness (QED) is 0.940. The molecule has 1 aliphatic rings. The summed E-state index contributed by atoms with van der Waals surface area (Å²) in [6.07, 6.45) is 0.884. The molecule has 3 rings (SSSR count). The number of aliphatic hydroxyl groups excluding tert-OH is 1. The summed E-state index contributed by atoms with van der Waals surface area (Å²) in [4.78, 5) is 14.1. The van der Waals surface area contributed by atoms with Crippen LogP contribution in [-0.4, -0.2) is 29.1 Å². The van der Waals surface area contributed by atoms with Crippen molar-refractivity contribution < 1.29 is 14.6 Å². The van der Waals surface area contributed by atoms with Crippen LogP contribution in [0.5, 0.6) is 5.75 Å². The topological polar surface area (TPSA) is 49.8 Å². The SMILES string of the molecule is O=C(COc1ccccc1CO)N1CCc2ccccc2C1. The number of hydrogen-bond acceptors (Lipinski definition) is 3. The molecule has 0 aliphatic carbocycles. The van der Waals surface area contributed by atoms with Crippen LogP contribution in [0.15, 0.2) is 48.5 Å². The molecule has 1 amide bonds. The molecule has 4 heteroatoms. The van der Waals surface area contributed by atoms with E-state index in [1.165, 1.54) is 11.1 Å². The van der Waals surface area contributed by atoms with Gasteiger partial charge in [-0.1, -0.05) is 42.5 Å². The molecule has 0 spiro atoms. The van der Waals surface area contributed by atoms with Gasteiger partial charge in [-0.25, -0.2) is 0 Å². The number of ether oxygens (including phenoxy) is 1. The van der Waals surface area contributed by atoms with Crippen LogP contribution < -0.4 is 4.74 Å². The summed E-state index contributed by atoms with van der Waals surface area (Å²) in [6, 6.07) is 15.4. The van der Waals surface area contributed by atoms with Crippen LogP contribution in [-0.2, 0) is 24.4 Å². The van der Waals surface area contributed by atoms with Crippen molar-refractivity contribution in [2.24, 2.45) is 0 Å². The Morgan fingerprint density at radius 2 is 1.82 bits per heavy atom. The summed E-state index contributed by atoms with van der Waals surface area (Å²) in [5.74, 6) is 0.540. The van der Waals surface area contributed by atoms with E-state index in [4.69, 9.17) is 4.74 Å². The van der Waals surface area contributed by atoms with E-state index in [0.717, 1.165) is 13.0 Å². The zero-order chi connectivity index (χ0) is 15.4. The summed E-state index contributed by atoms with van der Waals surface area (Å²) in [6.45, 7) is 1.27. The second kappa shape index (κ2) is 6.62. The molecule has 0 saturated carbocycles. The van der Waals surface area contributed by atoms with Crippen molar-refractivity contribution in [1.29, 1.82) is 0 Å². The van der Waals surface area contributed by atoms with Crippen LogP contribution in [0.1, 0.15) is 16.7 Å². The highest BCUT2D eigenvalue weighted by Gasteiger charge is 2.20. The van der Waals surface area contributed by atoms with E-state index in [9.17, 15) is 9.90 Å². The smallest absolute Gasteiger partial charge is 0.260 e. The van der Waals surface area contributed by atoms with Gasteiger partial charge < -0.3 is 14.7 Å². The van der Waals surface area contributed by atoms with Crippen LogP contribution in [0.2, 0.25) is 0 Å². The average molecular weight is 297 g/mol. The molecule has 0 atom stereocenters. The summed E-state index contributed by atoms with van der Waals surface area (Å²) in [5.41, 5.74) is 3.22. The molecule has 0 unspecified atom stereocenters. The van der Waals surface area contributed by atoms with Gasteiger partial charge in [-0.3, -0.25) is 4.79 Å². The Hall–Kier alpha value is -2.33. The van der Waals surface area contributed by atoms with E-state index in [1.54, 1.807) is 12.1 Å². The summed E-state index contributed by atoms with van der Waals surface area (Å²) in [5, 5.41) is 9.27. The van der Waals surface area contributed by atoms with E-state index in [-0.39, 0.29) is 19.1 Å². The van der Waals surface area contributed by atoms with E-state index < -0.39 is 0 Å². The highest BCUT2D eigenvalue weighted by atomic mass is 16.5. The van der Waals surface area contributed by atoms with Crippen molar-refractivity contribution in [3.63, 3.8) is 0 Å². The molecule has 1 heterocycles. The van der Waals surface area contributed by atoms with Gasteiger partial charge in [-0.2, -0.15) is 0 Å². The molecule has 0 saturated heterocycles. The average Bonchev–Trinajstić information content (AvgIpc) is 2.59. The van der Waals surface area contributed by atoms with Crippen LogP contribution >= 0.6 is 0 Å². The first-order valence-corrected chi connectivity index (χ1v) is 7.44. The highest BCUT2D eigenvalue weighted by Crippen LogP contribution is 2.20. The van der Waals surface area contributed by atoms with Gasteiger partial charge in [0.15, 0.2) is 6.61 Å². The fourth-order valence-corrected chi connectivity index (χ4v) is 2.71. The summed E-state index contributed by atoms with van der Waals surface area (Å²) < 4.78 is 5.58. The molecule has 0 fully saturated rings. The molecule has 22 heavy (non-hydrogen) atoms. The number of amides is 1. The molecule has 4 nitrogen and oxygen atoms in total. The standard InChI is InChI=1S/C18H19NO3/c20-12-16-7-3-4-8-17(16)22-13-18(21)19-10-9-14-5-1-2-6-15(14)11-19/h1-8,20H,9-13H2. The summed E-state index contributed by atoms with van der Waals surface area (Å²) in [7, 11) is 0. The van der Waals surface area contributed by atoms with Crippen molar-refractivity contribution in [2.75, 3.05) is 13.2 Å². The minimum absolute atomic E-state index is 0.000813. The van der Waals surface area contributed by atoms with Crippen molar-refractivity contribution in [3.05, 3.63) is 65.2 Å². The molecular weight excluding hydrogens is 278 g/mol. The molecule has 2 aromatic rings. The zero-order valence-electron chi connectivity index (χ0n) is 12.4. The lowest BCUT2D eigenvalue weighted by Crippen LogP contribution is -2.38. The minimum Gasteiger partial charge on any atom is -0.483 e. The maximum atomic E-state index is 12.3. The fourth-order valence-electron chi connectivity index (χ4n) is 2.71. The van der Waals surface area contributed by atoms with Crippen LogP contribution in [0, 0.1) is 0 Å². The highest BCUT2D eigenvalue weighted by molar-refractivity contribution is 5.78. The van der Waals surface area contributed by atoms with Gasteiger partial charge in [-0.05, 0) is 23.6 Å². The van der Waals surface area contributed by atoms with E-state index in [2.05, 4.69) is 12.1 Å². The second-order valence-corrected chi connectivity index (χ2v) is 5.39. The monoisotopic (exact) mass is 297 g/mol. The molecule has 114 valence electrons. The number of carbonyl (C=O) groups excluding carboxylic acids is 1. The number of nitrogens with zero attached hydrogens (tertiary/aromatic N) is 1. The summed E-state index contributed by atoms with van der Waals surface area (Å²) >= 11 is 0. The maximum absolute atomic E-state index is 12.3. The van der Waals surface area contributed by atoms with Gasteiger partial charge in [0.2, 0.25) is 0 Å². The number of benzene rings is 2. The number of fused-ring (bicyclic) bond motifs is 1. The number of para-hydroxylation sites is 1. The number of carbonyl (C=O) groups is 1. The van der Waals surface area contributed by atoms with Gasteiger partial charge in [-0.15, -0.1) is 0 Å². The van der Waals surface area contributed by atoms with Gasteiger partial charge in [0.25, 0.3) is 5.91 Å². The van der Waals surface area contributed by atoms with Gasteiger partial charge in [0.1, 0.15) is 5.75 Å². The fraction of sp³-hybridized carbons (Fsp3) is 0.278. The Labute approximate surface area is 130 Å². The third kappa shape index (κ3) is 3.12. The van der Waals surface area contributed by atoms with E-state index in [0.29, 0.717) is 17.9 Å². The lowest BCUT2D eigenvalue weighted by molar-refractivity contribution is -0.134. The van der Waals surface area contributed by atoms with E-state index >= 15 is 0 Å². The Balaban J connectivity index is 1.61. The van der Waals surface area contributed by atoms with Gasteiger partial charge >= 0.3 is 0 Å². The predicted molar refractivity (Wildman–Crippen MR) is 83.4 cm³/mol. The lowest BCUT2D eigenvalue weighted by atomic mass is 10.00. The number of rotatable bonds is 4.